The summed E-state index contributed by atoms with van der Waals surface area (Å²) in [6.45, 7) is 5.32. The van der Waals surface area contributed by atoms with E-state index in [2.05, 4.69) is 13.8 Å². The average molecular weight is 297 g/mol. The lowest BCUT2D eigenvalue weighted by molar-refractivity contribution is 0.247. The van der Waals surface area contributed by atoms with Crippen LogP contribution in [0, 0.1) is 5.92 Å². The Balaban J connectivity index is 2.77. The first kappa shape index (κ1) is 16.2. The van der Waals surface area contributed by atoms with Crippen LogP contribution in [-0.2, 0) is 10.2 Å². The number of hydrogen-bond donors (Lipinski definition) is 0. The molecule has 0 aromatic rings. The fourth-order valence-electron chi connectivity index (χ4n) is 2.27. The van der Waals surface area contributed by atoms with Crippen LogP contribution in [0.15, 0.2) is 0 Å². The van der Waals surface area contributed by atoms with Crippen molar-refractivity contribution in [2.75, 3.05) is 26.0 Å². The number of nitrogens with zero attached hydrogens (tertiary/aromatic N) is 2. The van der Waals surface area contributed by atoms with E-state index in [1.807, 2.05) is 0 Å². The maximum atomic E-state index is 12.5. The van der Waals surface area contributed by atoms with Gasteiger partial charge in [-0.15, -0.1) is 11.6 Å². The van der Waals surface area contributed by atoms with Gasteiger partial charge in [-0.3, -0.25) is 0 Å². The van der Waals surface area contributed by atoms with Gasteiger partial charge in [-0.1, -0.05) is 26.7 Å². The lowest BCUT2D eigenvalue weighted by Gasteiger charge is -2.36. The third-order valence-electron chi connectivity index (χ3n) is 3.71. The topological polar surface area (TPSA) is 40.6 Å². The molecule has 1 saturated heterocycles. The Morgan fingerprint density at radius 3 is 2.67 bits per heavy atom. The first-order chi connectivity index (χ1) is 8.43. The largest absolute Gasteiger partial charge is 0.282 e. The second kappa shape index (κ2) is 7.08. The Labute approximate surface area is 116 Å². The molecule has 1 aliphatic rings. The number of halogens is 1. The average Bonchev–Trinajstić information content (AvgIpc) is 2.38. The van der Waals surface area contributed by atoms with Crippen LogP contribution in [0.2, 0.25) is 0 Å². The molecule has 0 aromatic heterocycles. The molecule has 1 fully saturated rings. The lowest BCUT2D eigenvalue weighted by Crippen LogP contribution is -2.51. The smallest absolute Gasteiger partial charge is 0.195 e. The molecular formula is C12H25ClN2O2S. The van der Waals surface area contributed by atoms with Gasteiger partial charge in [-0.2, -0.15) is 17.0 Å². The number of alkyl halides is 1. The molecule has 0 aromatic carbocycles. The highest BCUT2D eigenvalue weighted by molar-refractivity contribution is 7.86. The zero-order valence-corrected chi connectivity index (χ0v) is 13.2. The predicted molar refractivity (Wildman–Crippen MR) is 76.1 cm³/mol. The van der Waals surface area contributed by atoms with Crippen LogP contribution >= 0.6 is 11.6 Å². The fraction of sp³-hybridized carbons (Fsp3) is 1.00. The molecule has 6 heteroatoms. The number of rotatable bonds is 6. The normalized spacial score (nSPS) is 24.4. The first-order valence-corrected chi connectivity index (χ1v) is 8.65. The number of hydrogen-bond acceptors (Lipinski definition) is 2. The molecule has 108 valence electrons. The summed E-state index contributed by atoms with van der Waals surface area (Å²) in [5.41, 5.74) is 0. The van der Waals surface area contributed by atoms with Crippen molar-refractivity contribution in [1.29, 1.82) is 0 Å². The van der Waals surface area contributed by atoms with Gasteiger partial charge in [0.1, 0.15) is 0 Å². The highest BCUT2D eigenvalue weighted by atomic mass is 35.5. The Hall–Kier alpha value is 0.160. The van der Waals surface area contributed by atoms with Crippen LogP contribution in [-0.4, -0.2) is 49.1 Å². The van der Waals surface area contributed by atoms with Crippen molar-refractivity contribution in [2.45, 2.75) is 45.6 Å². The molecule has 0 saturated carbocycles. The van der Waals surface area contributed by atoms with Gasteiger partial charge in [0, 0.05) is 32.1 Å². The second-order valence-electron chi connectivity index (χ2n) is 5.22. The van der Waals surface area contributed by atoms with Gasteiger partial charge in [0.25, 0.3) is 10.2 Å². The standard InChI is InChI=1S/C12H25ClN2O2S/c1-4-11(2)10-14(3)18(16,17)15-8-6-5-7-12(15)9-13/h11-12H,4-10H2,1-3H3. The van der Waals surface area contributed by atoms with Gasteiger partial charge < -0.3 is 0 Å². The Morgan fingerprint density at radius 1 is 1.44 bits per heavy atom. The van der Waals surface area contributed by atoms with Crippen molar-refractivity contribution in [3.8, 4) is 0 Å². The third-order valence-corrected chi connectivity index (χ3v) is 6.07. The Morgan fingerprint density at radius 2 is 2.11 bits per heavy atom. The maximum absolute atomic E-state index is 12.5. The summed E-state index contributed by atoms with van der Waals surface area (Å²) < 4.78 is 28.1. The van der Waals surface area contributed by atoms with E-state index < -0.39 is 10.2 Å². The predicted octanol–water partition coefficient (Wildman–Crippen LogP) is 2.30. The summed E-state index contributed by atoms with van der Waals surface area (Å²) in [6, 6.07) is -0.0372. The zero-order chi connectivity index (χ0) is 13.8. The molecule has 1 aliphatic heterocycles. The van der Waals surface area contributed by atoms with Crippen molar-refractivity contribution in [3.05, 3.63) is 0 Å². The van der Waals surface area contributed by atoms with Gasteiger partial charge in [-0.25, -0.2) is 0 Å². The molecule has 4 nitrogen and oxygen atoms in total. The maximum Gasteiger partial charge on any atom is 0.282 e. The quantitative estimate of drug-likeness (QED) is 0.706. The van der Waals surface area contributed by atoms with Crippen LogP contribution in [0.4, 0.5) is 0 Å². The summed E-state index contributed by atoms with van der Waals surface area (Å²) in [5, 5.41) is 0. The van der Waals surface area contributed by atoms with Crippen LogP contribution in [0.3, 0.4) is 0 Å². The molecular weight excluding hydrogens is 272 g/mol. The van der Waals surface area contributed by atoms with E-state index >= 15 is 0 Å². The molecule has 0 aliphatic carbocycles. The summed E-state index contributed by atoms with van der Waals surface area (Å²) in [5.74, 6) is 0.764. The van der Waals surface area contributed by atoms with Crippen LogP contribution < -0.4 is 0 Å². The molecule has 2 atom stereocenters. The van der Waals surface area contributed by atoms with E-state index in [0.29, 0.717) is 24.9 Å². The highest BCUT2D eigenvalue weighted by Crippen LogP contribution is 2.23. The van der Waals surface area contributed by atoms with E-state index in [0.717, 1.165) is 25.7 Å². The first-order valence-electron chi connectivity index (χ1n) is 6.72. The fourth-order valence-corrected chi connectivity index (χ4v) is 4.39. The lowest BCUT2D eigenvalue weighted by atomic mass is 10.1. The van der Waals surface area contributed by atoms with Crippen molar-refractivity contribution >= 4 is 21.8 Å². The van der Waals surface area contributed by atoms with E-state index in [-0.39, 0.29) is 6.04 Å². The Bertz CT molecular complexity index is 348. The molecule has 2 unspecified atom stereocenters. The molecule has 0 spiro atoms. The van der Waals surface area contributed by atoms with Crippen molar-refractivity contribution in [1.82, 2.24) is 8.61 Å². The van der Waals surface area contributed by atoms with Crippen molar-refractivity contribution < 1.29 is 8.42 Å². The third kappa shape index (κ3) is 3.83. The molecule has 0 radical (unpaired) electrons. The van der Waals surface area contributed by atoms with E-state index in [1.165, 1.54) is 4.31 Å². The second-order valence-corrected chi connectivity index (χ2v) is 7.51. The molecule has 0 N–H and O–H groups in total. The molecule has 0 bridgehead atoms. The van der Waals surface area contributed by atoms with Crippen LogP contribution in [0.25, 0.3) is 0 Å². The summed E-state index contributed by atoms with van der Waals surface area (Å²) in [7, 11) is -1.68. The minimum Gasteiger partial charge on any atom is -0.195 e. The van der Waals surface area contributed by atoms with Gasteiger partial charge in [0.15, 0.2) is 0 Å². The summed E-state index contributed by atoms with van der Waals surface area (Å²) in [4.78, 5) is 0. The van der Waals surface area contributed by atoms with Crippen LogP contribution in [0.1, 0.15) is 39.5 Å². The summed E-state index contributed by atoms with van der Waals surface area (Å²) in [6.07, 6.45) is 3.86. The molecule has 1 rings (SSSR count). The Kier molecular flexibility index (Phi) is 6.38. The minimum absolute atomic E-state index is 0.0372. The molecule has 0 amide bonds. The van der Waals surface area contributed by atoms with E-state index in [9.17, 15) is 8.42 Å². The van der Waals surface area contributed by atoms with Gasteiger partial charge in [0.05, 0.1) is 0 Å². The minimum atomic E-state index is -3.35. The summed E-state index contributed by atoms with van der Waals surface area (Å²) >= 11 is 5.89. The number of piperidine rings is 1. The van der Waals surface area contributed by atoms with Gasteiger partial charge in [-0.05, 0) is 18.8 Å². The van der Waals surface area contributed by atoms with E-state index in [1.54, 1.807) is 11.4 Å². The highest BCUT2D eigenvalue weighted by Gasteiger charge is 2.34. The van der Waals surface area contributed by atoms with E-state index in [4.69, 9.17) is 11.6 Å². The van der Waals surface area contributed by atoms with Gasteiger partial charge in [0.2, 0.25) is 0 Å². The van der Waals surface area contributed by atoms with Crippen molar-refractivity contribution in [2.24, 2.45) is 5.92 Å². The zero-order valence-electron chi connectivity index (χ0n) is 11.6. The SMILES string of the molecule is CCC(C)CN(C)S(=O)(=O)N1CCCCC1CCl. The van der Waals surface area contributed by atoms with Gasteiger partial charge >= 0.3 is 0 Å². The van der Waals surface area contributed by atoms with Crippen LogP contribution in [0.5, 0.6) is 0 Å². The van der Waals surface area contributed by atoms with Crippen molar-refractivity contribution in [3.63, 3.8) is 0 Å². The monoisotopic (exact) mass is 296 g/mol. The molecule has 18 heavy (non-hydrogen) atoms. The molecule has 1 heterocycles.